The number of methoxy groups -OCH3 is 1. The molecule has 0 N–H and O–H groups in total. The molecule has 2 aliphatic rings. The fourth-order valence-corrected chi connectivity index (χ4v) is 6.34. The van der Waals surface area contributed by atoms with Gasteiger partial charge in [-0.1, -0.05) is 6.08 Å². The lowest BCUT2D eigenvalue weighted by atomic mass is 10.0. The lowest BCUT2D eigenvalue weighted by molar-refractivity contribution is -0.384. The minimum Gasteiger partial charge on any atom is -0.493 e. The first-order valence-corrected chi connectivity index (χ1v) is 15.5. The van der Waals surface area contributed by atoms with Crippen LogP contribution in [0, 0.1) is 10.1 Å². The fourth-order valence-electron chi connectivity index (χ4n) is 5.28. The van der Waals surface area contributed by atoms with Crippen LogP contribution in [-0.4, -0.2) is 47.6 Å². The molecule has 0 spiro atoms. The quantitative estimate of drug-likeness (QED) is 0.0956. The zero-order valence-corrected chi connectivity index (χ0v) is 25.8. The molecule has 44 heavy (non-hydrogen) atoms. The number of aliphatic imine (C=N–C) groups is 1. The van der Waals surface area contributed by atoms with Crippen molar-refractivity contribution < 1.29 is 19.2 Å². The van der Waals surface area contributed by atoms with Gasteiger partial charge in [-0.3, -0.25) is 19.8 Å². The van der Waals surface area contributed by atoms with Crippen molar-refractivity contribution in [2.45, 2.75) is 39.2 Å². The van der Waals surface area contributed by atoms with Crippen molar-refractivity contribution in [2.24, 2.45) is 4.99 Å². The zero-order chi connectivity index (χ0) is 31.1. The molecular formula is C34H36N4O5S. The van der Waals surface area contributed by atoms with Crippen molar-refractivity contribution in [2.75, 3.05) is 31.6 Å². The Balaban J connectivity index is 1.37. The molecule has 9 nitrogen and oxygen atoms in total. The number of piperidine rings is 1. The van der Waals surface area contributed by atoms with Gasteiger partial charge in [-0.15, -0.1) is 6.58 Å². The molecule has 0 atom stereocenters. The van der Waals surface area contributed by atoms with Crippen LogP contribution in [0.1, 0.15) is 42.9 Å². The Morgan fingerprint density at radius 3 is 2.43 bits per heavy atom. The summed E-state index contributed by atoms with van der Waals surface area (Å²) in [5.41, 5.74) is 4.47. The Labute approximate surface area is 262 Å². The first-order valence-electron chi connectivity index (χ1n) is 14.7. The molecule has 228 valence electrons. The number of allylic oxidation sites excluding steroid dienone is 1. The molecule has 2 aliphatic heterocycles. The number of benzene rings is 3. The monoisotopic (exact) mass is 612 g/mol. The number of anilines is 1. The molecule has 2 fully saturated rings. The summed E-state index contributed by atoms with van der Waals surface area (Å²) >= 11 is 1.36. The van der Waals surface area contributed by atoms with Crippen LogP contribution in [0.2, 0.25) is 0 Å². The first kappa shape index (κ1) is 30.9. The van der Waals surface area contributed by atoms with Gasteiger partial charge in [0.25, 0.3) is 11.6 Å². The average Bonchev–Trinajstić information content (AvgIpc) is 3.34. The van der Waals surface area contributed by atoms with E-state index >= 15 is 0 Å². The number of rotatable bonds is 11. The Bertz CT molecular complexity index is 1580. The summed E-state index contributed by atoms with van der Waals surface area (Å²) < 4.78 is 11.8. The summed E-state index contributed by atoms with van der Waals surface area (Å²) in [6.07, 6.45) is 7.89. The third kappa shape index (κ3) is 7.14. The van der Waals surface area contributed by atoms with E-state index in [0.29, 0.717) is 34.5 Å². The van der Waals surface area contributed by atoms with Gasteiger partial charge in [0, 0.05) is 43.0 Å². The predicted molar refractivity (Wildman–Crippen MR) is 177 cm³/mol. The maximum atomic E-state index is 13.4. The number of thioether (sulfide) groups is 1. The van der Waals surface area contributed by atoms with Gasteiger partial charge in [-0.25, -0.2) is 4.99 Å². The third-order valence-electron chi connectivity index (χ3n) is 7.57. The van der Waals surface area contributed by atoms with Crippen LogP contribution in [0.4, 0.5) is 17.1 Å². The van der Waals surface area contributed by atoms with Crippen LogP contribution in [0.25, 0.3) is 6.08 Å². The van der Waals surface area contributed by atoms with Crippen molar-refractivity contribution in [1.29, 1.82) is 0 Å². The molecule has 0 saturated carbocycles. The third-order valence-corrected chi connectivity index (χ3v) is 8.57. The van der Waals surface area contributed by atoms with Crippen LogP contribution in [0.5, 0.6) is 11.5 Å². The molecule has 2 saturated heterocycles. The summed E-state index contributed by atoms with van der Waals surface area (Å²) in [5.74, 6) is 0.983. The van der Waals surface area contributed by atoms with Crippen molar-refractivity contribution in [1.82, 2.24) is 4.90 Å². The summed E-state index contributed by atoms with van der Waals surface area (Å²) in [7, 11) is 1.57. The molecular weight excluding hydrogens is 576 g/mol. The topological polar surface area (TPSA) is 97.5 Å². The fraction of sp³-hybridized carbons (Fsp3) is 0.294. The van der Waals surface area contributed by atoms with E-state index < -0.39 is 4.92 Å². The van der Waals surface area contributed by atoms with Gasteiger partial charge < -0.3 is 14.4 Å². The highest BCUT2D eigenvalue weighted by Crippen LogP contribution is 2.38. The summed E-state index contributed by atoms with van der Waals surface area (Å²) in [5, 5.41) is 11.6. The van der Waals surface area contributed by atoms with Crippen molar-refractivity contribution in [3.63, 3.8) is 0 Å². The second kappa shape index (κ2) is 14.3. The first-order chi connectivity index (χ1) is 21.4. The van der Waals surface area contributed by atoms with Crippen LogP contribution < -0.4 is 14.4 Å². The minimum atomic E-state index is -0.432. The van der Waals surface area contributed by atoms with Gasteiger partial charge in [0.05, 0.1) is 22.6 Å². The molecule has 2 heterocycles. The molecule has 0 bridgehead atoms. The number of hydrogen-bond acceptors (Lipinski definition) is 8. The van der Waals surface area contributed by atoms with Crippen molar-refractivity contribution in [3.05, 3.63) is 105 Å². The number of ether oxygens (including phenoxy) is 2. The lowest BCUT2D eigenvalue weighted by Crippen LogP contribution is -2.29. The molecule has 0 unspecified atom stereocenters. The van der Waals surface area contributed by atoms with Gasteiger partial charge in [0.1, 0.15) is 6.61 Å². The average molecular weight is 613 g/mol. The van der Waals surface area contributed by atoms with E-state index in [4.69, 9.17) is 14.5 Å². The molecule has 0 aliphatic carbocycles. The molecule has 10 heteroatoms. The van der Waals surface area contributed by atoms with E-state index in [1.165, 1.54) is 48.8 Å². The Morgan fingerprint density at radius 1 is 1.07 bits per heavy atom. The van der Waals surface area contributed by atoms with E-state index in [9.17, 15) is 14.9 Å². The van der Waals surface area contributed by atoms with Gasteiger partial charge in [-0.2, -0.15) is 0 Å². The van der Waals surface area contributed by atoms with E-state index in [1.807, 2.05) is 37.3 Å². The van der Waals surface area contributed by atoms with Crippen LogP contribution in [0.3, 0.4) is 0 Å². The van der Waals surface area contributed by atoms with Gasteiger partial charge in [0.15, 0.2) is 16.7 Å². The standard InChI is InChI=1S/C34H36N4O5S/c1-4-9-26-20-25(21-30(42-3)32(26)43-23-24-10-14-29(15-11-24)38(40)41)22-31-33(39)37(5-2)34(44-31)35-27-12-16-28(17-13-27)36-18-7-6-8-19-36/h4,10-17,20-22H,1,5-9,18-19,23H2,2-3H3/b31-22-,35-34?. The van der Waals surface area contributed by atoms with Crippen molar-refractivity contribution >= 4 is 46.0 Å². The SMILES string of the molecule is C=CCc1cc(/C=C2\SC(=Nc3ccc(N4CCCCC4)cc3)N(CC)C2=O)cc(OC)c1OCc1ccc([N+](=O)[O-])cc1. The van der Waals surface area contributed by atoms with Gasteiger partial charge in [0.2, 0.25) is 0 Å². The maximum Gasteiger partial charge on any atom is 0.269 e. The summed E-state index contributed by atoms with van der Waals surface area (Å²) in [4.78, 5) is 33.4. The normalized spacial score (nSPS) is 16.9. The number of amidine groups is 1. The van der Waals surface area contributed by atoms with Gasteiger partial charge >= 0.3 is 0 Å². The Hall–Kier alpha value is -4.57. The predicted octanol–water partition coefficient (Wildman–Crippen LogP) is 7.53. The number of nitro benzene ring substituents is 1. The molecule has 5 rings (SSSR count). The lowest BCUT2D eigenvalue weighted by Gasteiger charge is -2.28. The van der Waals surface area contributed by atoms with Crippen LogP contribution in [-0.2, 0) is 17.8 Å². The number of likely N-dealkylation sites (N-methyl/N-ethyl adjacent to an activating group) is 1. The van der Waals surface area contributed by atoms with E-state index in [2.05, 4.69) is 23.6 Å². The van der Waals surface area contributed by atoms with E-state index in [1.54, 1.807) is 30.2 Å². The smallest absolute Gasteiger partial charge is 0.269 e. The zero-order valence-electron chi connectivity index (χ0n) is 25.0. The second-order valence-corrected chi connectivity index (χ2v) is 11.5. The highest BCUT2D eigenvalue weighted by Gasteiger charge is 2.32. The van der Waals surface area contributed by atoms with Crippen molar-refractivity contribution in [3.8, 4) is 11.5 Å². The van der Waals surface area contributed by atoms with Crippen LogP contribution in [0.15, 0.2) is 83.2 Å². The van der Waals surface area contributed by atoms with E-state index in [0.717, 1.165) is 35.5 Å². The maximum absolute atomic E-state index is 13.4. The molecule has 0 radical (unpaired) electrons. The summed E-state index contributed by atoms with van der Waals surface area (Å²) in [6, 6.07) is 18.3. The number of carbonyl (C=O) groups is 1. The number of nitro groups is 1. The van der Waals surface area contributed by atoms with Gasteiger partial charge in [-0.05, 0) is 110 Å². The highest BCUT2D eigenvalue weighted by molar-refractivity contribution is 8.18. The highest BCUT2D eigenvalue weighted by atomic mass is 32.2. The summed E-state index contributed by atoms with van der Waals surface area (Å²) in [6.45, 7) is 8.71. The van der Waals surface area contributed by atoms with E-state index in [-0.39, 0.29) is 18.2 Å². The molecule has 3 aromatic rings. The Morgan fingerprint density at radius 2 is 1.80 bits per heavy atom. The number of non-ortho nitro benzene ring substituents is 1. The number of carbonyl (C=O) groups excluding carboxylic acids is 1. The van der Waals surface area contributed by atoms with Crippen LogP contribution >= 0.6 is 11.8 Å². The number of amides is 1. The largest absolute Gasteiger partial charge is 0.493 e. The molecule has 0 aromatic heterocycles. The minimum absolute atomic E-state index is 0.0241. The second-order valence-electron chi connectivity index (χ2n) is 10.5. The number of hydrogen-bond donors (Lipinski definition) is 0. The Kier molecular flexibility index (Phi) is 10.0. The number of nitrogens with zero attached hydrogens (tertiary/aromatic N) is 4. The molecule has 3 aromatic carbocycles. The molecule has 1 amide bonds.